The van der Waals surface area contributed by atoms with Gasteiger partial charge >= 0.3 is 0 Å². The molecule has 0 saturated heterocycles. The first-order chi connectivity index (χ1) is 10.1. The molecule has 0 saturated carbocycles. The Labute approximate surface area is 143 Å². The number of hydrogen-bond acceptors (Lipinski definition) is 2. The van der Waals surface area contributed by atoms with E-state index in [1.807, 2.05) is 18.2 Å². The zero-order valence-corrected chi connectivity index (χ0v) is 15.4. The van der Waals surface area contributed by atoms with E-state index in [0.29, 0.717) is 0 Å². The van der Waals surface area contributed by atoms with Gasteiger partial charge in [0.05, 0.1) is 6.61 Å². The van der Waals surface area contributed by atoms with Crippen molar-refractivity contribution in [1.29, 1.82) is 0 Å². The van der Waals surface area contributed by atoms with Crippen molar-refractivity contribution in [1.82, 2.24) is 0 Å². The minimum Gasteiger partial charge on any atom is -0.493 e. The van der Waals surface area contributed by atoms with E-state index in [2.05, 4.69) is 69.2 Å². The largest absolute Gasteiger partial charge is 0.493 e. The van der Waals surface area contributed by atoms with Crippen LogP contribution >= 0.6 is 31.9 Å². The molecule has 0 aliphatic rings. The normalized spacial score (nSPS) is 10.5. The summed E-state index contributed by atoms with van der Waals surface area (Å²) in [5.74, 6) is 0.947. The minimum atomic E-state index is 0.737. The summed E-state index contributed by atoms with van der Waals surface area (Å²) >= 11 is 7.01. The van der Waals surface area contributed by atoms with E-state index in [1.54, 1.807) is 0 Å². The topological polar surface area (TPSA) is 21.3 Å². The highest BCUT2D eigenvalue weighted by Crippen LogP contribution is 2.26. The van der Waals surface area contributed by atoms with Gasteiger partial charge in [-0.05, 0) is 55.3 Å². The molecule has 0 atom stereocenters. The van der Waals surface area contributed by atoms with Gasteiger partial charge in [-0.3, -0.25) is 0 Å². The molecule has 112 valence electrons. The Bertz CT molecular complexity index is 614. The zero-order valence-electron chi connectivity index (χ0n) is 12.2. The minimum absolute atomic E-state index is 0.737. The van der Waals surface area contributed by atoms with Crippen molar-refractivity contribution in [3.05, 3.63) is 56.5 Å². The van der Waals surface area contributed by atoms with Crippen LogP contribution in [-0.4, -0.2) is 6.61 Å². The van der Waals surface area contributed by atoms with E-state index in [0.717, 1.165) is 45.5 Å². The number of anilines is 1. The number of hydrogen-bond donors (Lipinski definition) is 1. The van der Waals surface area contributed by atoms with Crippen LogP contribution in [0.15, 0.2) is 45.3 Å². The highest BCUT2D eigenvalue weighted by atomic mass is 79.9. The van der Waals surface area contributed by atoms with Crippen molar-refractivity contribution >= 4 is 37.5 Å². The number of nitrogens with one attached hydrogen (secondary N) is 1. The van der Waals surface area contributed by atoms with Crippen LogP contribution < -0.4 is 10.1 Å². The maximum Gasteiger partial charge on any atom is 0.124 e. The maximum atomic E-state index is 5.81. The van der Waals surface area contributed by atoms with Crippen LogP contribution in [-0.2, 0) is 6.54 Å². The van der Waals surface area contributed by atoms with E-state index in [4.69, 9.17) is 4.74 Å². The van der Waals surface area contributed by atoms with Gasteiger partial charge in [-0.1, -0.05) is 38.8 Å². The zero-order chi connectivity index (χ0) is 15.2. The number of aryl methyl sites for hydroxylation is 1. The molecular formula is C17H19Br2NO. The summed E-state index contributed by atoms with van der Waals surface area (Å²) in [5, 5.41) is 3.48. The Morgan fingerprint density at radius 1 is 1.05 bits per heavy atom. The van der Waals surface area contributed by atoms with Gasteiger partial charge in [0.2, 0.25) is 0 Å². The van der Waals surface area contributed by atoms with Gasteiger partial charge in [-0.2, -0.15) is 0 Å². The highest BCUT2D eigenvalue weighted by Gasteiger charge is 2.06. The quantitative estimate of drug-likeness (QED) is 0.635. The first-order valence-electron chi connectivity index (χ1n) is 7.01. The van der Waals surface area contributed by atoms with Gasteiger partial charge in [-0.25, -0.2) is 0 Å². The molecule has 0 radical (unpaired) electrons. The van der Waals surface area contributed by atoms with Gasteiger partial charge in [-0.15, -0.1) is 0 Å². The standard InChI is InChI=1S/C17H19Br2NO/c1-3-8-21-17-7-5-15(19)10-13(17)11-20-16-6-4-14(18)9-12(16)2/h4-7,9-10,20H,3,8,11H2,1-2H3. The monoisotopic (exact) mass is 411 g/mol. The molecule has 0 aromatic heterocycles. The van der Waals surface area contributed by atoms with E-state index in [-0.39, 0.29) is 0 Å². The lowest BCUT2D eigenvalue weighted by molar-refractivity contribution is 0.314. The Hall–Kier alpha value is -1.00. The van der Waals surface area contributed by atoms with Crippen LogP contribution in [0.4, 0.5) is 5.69 Å². The van der Waals surface area contributed by atoms with Gasteiger partial charge in [0.1, 0.15) is 5.75 Å². The molecule has 2 nitrogen and oxygen atoms in total. The molecule has 0 unspecified atom stereocenters. The van der Waals surface area contributed by atoms with Crippen molar-refractivity contribution in [2.24, 2.45) is 0 Å². The second-order valence-corrected chi connectivity index (χ2v) is 6.74. The summed E-state index contributed by atoms with van der Waals surface area (Å²) < 4.78 is 7.97. The van der Waals surface area contributed by atoms with Crippen LogP contribution in [0.25, 0.3) is 0 Å². The summed E-state index contributed by atoms with van der Waals surface area (Å²) in [5.41, 5.74) is 3.51. The average molecular weight is 413 g/mol. The molecule has 0 bridgehead atoms. The first kappa shape index (κ1) is 16.4. The van der Waals surface area contributed by atoms with Gasteiger partial charge < -0.3 is 10.1 Å². The molecule has 21 heavy (non-hydrogen) atoms. The number of ether oxygens (including phenoxy) is 1. The van der Waals surface area contributed by atoms with Crippen molar-refractivity contribution in [3.63, 3.8) is 0 Å². The molecule has 0 aliphatic heterocycles. The average Bonchev–Trinajstić information content (AvgIpc) is 2.45. The number of rotatable bonds is 6. The maximum absolute atomic E-state index is 5.81. The van der Waals surface area contributed by atoms with Crippen molar-refractivity contribution in [2.45, 2.75) is 26.8 Å². The van der Waals surface area contributed by atoms with Gasteiger partial charge in [0.25, 0.3) is 0 Å². The molecule has 2 rings (SSSR count). The van der Waals surface area contributed by atoms with Gasteiger partial charge in [0.15, 0.2) is 0 Å². The Morgan fingerprint density at radius 2 is 1.76 bits per heavy atom. The fraction of sp³-hybridized carbons (Fsp3) is 0.294. The third-order valence-electron chi connectivity index (χ3n) is 3.14. The van der Waals surface area contributed by atoms with Crippen LogP contribution in [0.2, 0.25) is 0 Å². The molecule has 2 aromatic rings. The van der Waals surface area contributed by atoms with Crippen LogP contribution in [0.3, 0.4) is 0 Å². The molecule has 0 spiro atoms. The highest BCUT2D eigenvalue weighted by molar-refractivity contribution is 9.10. The molecule has 0 aliphatic carbocycles. The molecule has 2 aromatic carbocycles. The lowest BCUT2D eigenvalue weighted by Crippen LogP contribution is -2.05. The molecule has 0 heterocycles. The second kappa shape index (κ2) is 7.85. The lowest BCUT2D eigenvalue weighted by Gasteiger charge is -2.14. The van der Waals surface area contributed by atoms with Crippen molar-refractivity contribution in [3.8, 4) is 5.75 Å². The van der Waals surface area contributed by atoms with E-state index in [9.17, 15) is 0 Å². The SMILES string of the molecule is CCCOc1ccc(Br)cc1CNc1ccc(Br)cc1C. The number of halogens is 2. The summed E-state index contributed by atoms with van der Waals surface area (Å²) in [6.45, 7) is 5.69. The Balaban J connectivity index is 2.12. The van der Waals surface area contributed by atoms with Crippen molar-refractivity contribution < 1.29 is 4.74 Å². The molecule has 0 amide bonds. The summed E-state index contributed by atoms with van der Waals surface area (Å²) in [6, 6.07) is 12.4. The predicted octanol–water partition coefficient (Wildman–Crippen LogP) is 5.92. The summed E-state index contributed by atoms with van der Waals surface area (Å²) in [7, 11) is 0. The number of benzene rings is 2. The van der Waals surface area contributed by atoms with E-state index < -0.39 is 0 Å². The predicted molar refractivity (Wildman–Crippen MR) is 96.1 cm³/mol. The lowest BCUT2D eigenvalue weighted by atomic mass is 10.1. The van der Waals surface area contributed by atoms with E-state index >= 15 is 0 Å². The first-order valence-corrected chi connectivity index (χ1v) is 8.60. The van der Waals surface area contributed by atoms with Crippen LogP contribution in [0.1, 0.15) is 24.5 Å². The summed E-state index contributed by atoms with van der Waals surface area (Å²) in [6.07, 6.45) is 1.01. The molecule has 4 heteroatoms. The Kier molecular flexibility index (Phi) is 6.12. The van der Waals surface area contributed by atoms with E-state index in [1.165, 1.54) is 5.56 Å². The Morgan fingerprint density at radius 3 is 2.48 bits per heavy atom. The molecule has 1 N–H and O–H groups in total. The molecular weight excluding hydrogens is 394 g/mol. The summed E-state index contributed by atoms with van der Waals surface area (Å²) in [4.78, 5) is 0. The molecule has 0 fully saturated rings. The van der Waals surface area contributed by atoms with Crippen molar-refractivity contribution in [2.75, 3.05) is 11.9 Å². The van der Waals surface area contributed by atoms with Crippen LogP contribution in [0.5, 0.6) is 5.75 Å². The smallest absolute Gasteiger partial charge is 0.124 e. The fourth-order valence-corrected chi connectivity index (χ4v) is 2.94. The second-order valence-electron chi connectivity index (χ2n) is 4.91. The fourth-order valence-electron chi connectivity index (χ4n) is 2.05. The third-order valence-corrected chi connectivity index (χ3v) is 4.13. The van der Waals surface area contributed by atoms with Gasteiger partial charge in [0, 0.05) is 26.7 Å². The van der Waals surface area contributed by atoms with Crippen LogP contribution in [0, 0.1) is 6.92 Å². The third kappa shape index (κ3) is 4.75.